The van der Waals surface area contributed by atoms with Crippen molar-refractivity contribution in [3.63, 3.8) is 0 Å². The summed E-state index contributed by atoms with van der Waals surface area (Å²) in [6, 6.07) is 22.4. The van der Waals surface area contributed by atoms with E-state index >= 15 is 0 Å². The number of amides is 1. The number of nitrogens with one attached hydrogen (secondary N) is 1. The van der Waals surface area contributed by atoms with Gasteiger partial charge in [0.15, 0.2) is 5.84 Å². The Labute approximate surface area is 217 Å². The first kappa shape index (κ1) is 23.8. The molecular weight excluding hydrogens is 488 g/mol. The molecule has 8 heteroatoms. The molecule has 2 aliphatic heterocycles. The van der Waals surface area contributed by atoms with Crippen molar-refractivity contribution in [2.45, 2.75) is 18.8 Å². The molecule has 0 aliphatic carbocycles. The van der Waals surface area contributed by atoms with Gasteiger partial charge in [-0.25, -0.2) is 8.78 Å². The highest BCUT2D eigenvalue weighted by atomic mass is 19.1. The first-order valence-electron chi connectivity index (χ1n) is 12.1. The Morgan fingerprint density at radius 3 is 2.26 bits per heavy atom. The number of carbonyl (C=O) groups excluding carboxylic acids is 1. The normalized spacial score (nSPS) is 17.2. The van der Waals surface area contributed by atoms with Gasteiger partial charge in [-0.1, -0.05) is 47.6 Å². The quantitative estimate of drug-likeness (QED) is 0.208. The van der Waals surface area contributed by atoms with Gasteiger partial charge < -0.3 is 20.6 Å². The van der Waals surface area contributed by atoms with Crippen LogP contribution in [0.2, 0.25) is 0 Å². The highest BCUT2D eigenvalue weighted by molar-refractivity contribution is 5.97. The maximum absolute atomic E-state index is 14.6. The topological polar surface area (TPSA) is 85.9 Å². The van der Waals surface area contributed by atoms with E-state index in [4.69, 9.17) is 10.5 Å². The Morgan fingerprint density at radius 2 is 1.53 bits per heavy atom. The molecule has 0 spiro atoms. The van der Waals surface area contributed by atoms with E-state index in [9.17, 15) is 13.6 Å². The Hall–Kier alpha value is -4.56. The molecule has 0 unspecified atom stereocenters. The number of oxime groups is 1. The van der Waals surface area contributed by atoms with Gasteiger partial charge in [0.1, 0.15) is 31.0 Å². The maximum Gasteiger partial charge on any atom is 0.251 e. The van der Waals surface area contributed by atoms with Gasteiger partial charge in [-0.2, -0.15) is 0 Å². The molecule has 2 aliphatic rings. The SMILES string of the molecule is CON=C(N)c1ccc(CNC(=O)c2ccc3c(c2)[C@@H]2O[C@H]3c3ccc(-c4ccc(F)cc4)cc32)c(F)c1. The molecule has 0 saturated carbocycles. The predicted molar refractivity (Wildman–Crippen MR) is 138 cm³/mol. The molecule has 0 aromatic heterocycles. The molecule has 0 radical (unpaired) electrons. The average Bonchev–Trinajstić information content (AvgIpc) is 3.49. The van der Waals surface area contributed by atoms with Crippen molar-refractivity contribution in [3.8, 4) is 11.1 Å². The fourth-order valence-corrected chi connectivity index (χ4v) is 5.09. The second-order valence-corrected chi connectivity index (χ2v) is 9.24. The molecule has 4 aromatic carbocycles. The lowest BCUT2D eigenvalue weighted by atomic mass is 9.84. The van der Waals surface area contributed by atoms with E-state index in [1.807, 2.05) is 18.2 Å². The van der Waals surface area contributed by atoms with Gasteiger partial charge in [0, 0.05) is 23.2 Å². The fourth-order valence-electron chi connectivity index (χ4n) is 5.09. The molecule has 190 valence electrons. The van der Waals surface area contributed by atoms with Gasteiger partial charge in [-0.3, -0.25) is 4.79 Å². The van der Waals surface area contributed by atoms with Crippen LogP contribution in [0.3, 0.4) is 0 Å². The van der Waals surface area contributed by atoms with Crippen LogP contribution < -0.4 is 11.1 Å². The molecular formula is C30H23F2N3O3. The van der Waals surface area contributed by atoms with Crippen molar-refractivity contribution >= 4 is 11.7 Å². The first-order chi connectivity index (χ1) is 18.4. The van der Waals surface area contributed by atoms with Crippen molar-refractivity contribution in [2.75, 3.05) is 7.11 Å². The molecule has 38 heavy (non-hydrogen) atoms. The van der Waals surface area contributed by atoms with Crippen LogP contribution in [0.15, 0.2) is 84.0 Å². The summed E-state index contributed by atoms with van der Waals surface area (Å²) < 4.78 is 34.2. The van der Waals surface area contributed by atoms with E-state index in [-0.39, 0.29) is 36.3 Å². The summed E-state index contributed by atoms with van der Waals surface area (Å²) in [6.07, 6.45) is -0.478. The van der Waals surface area contributed by atoms with Crippen LogP contribution in [0.1, 0.15) is 55.9 Å². The molecule has 6 nitrogen and oxygen atoms in total. The van der Waals surface area contributed by atoms with Gasteiger partial charge in [0.2, 0.25) is 0 Å². The van der Waals surface area contributed by atoms with Crippen molar-refractivity contribution < 1.29 is 23.1 Å². The summed E-state index contributed by atoms with van der Waals surface area (Å²) >= 11 is 0. The van der Waals surface area contributed by atoms with Gasteiger partial charge in [-0.05, 0) is 69.8 Å². The third-order valence-electron chi connectivity index (χ3n) is 6.99. The predicted octanol–water partition coefficient (Wildman–Crippen LogP) is 5.35. The Kier molecular flexibility index (Phi) is 5.88. The van der Waals surface area contributed by atoms with E-state index < -0.39 is 5.82 Å². The van der Waals surface area contributed by atoms with Gasteiger partial charge in [0.05, 0.1) is 0 Å². The number of hydrogen-bond acceptors (Lipinski definition) is 4. The number of ether oxygens (including phenoxy) is 1. The summed E-state index contributed by atoms with van der Waals surface area (Å²) in [7, 11) is 1.35. The van der Waals surface area contributed by atoms with Crippen LogP contribution in [0.4, 0.5) is 8.78 Å². The van der Waals surface area contributed by atoms with Gasteiger partial charge in [-0.15, -0.1) is 0 Å². The van der Waals surface area contributed by atoms with Gasteiger partial charge in [0.25, 0.3) is 5.91 Å². The summed E-state index contributed by atoms with van der Waals surface area (Å²) in [5.74, 6) is -1.05. The molecule has 6 rings (SSSR count). The minimum Gasteiger partial charge on any atom is -0.397 e. The number of benzene rings is 4. The number of carbonyl (C=O) groups is 1. The lowest BCUT2D eigenvalue weighted by Crippen LogP contribution is -2.24. The minimum atomic E-state index is -0.509. The smallest absolute Gasteiger partial charge is 0.251 e. The van der Waals surface area contributed by atoms with E-state index in [1.165, 1.54) is 25.3 Å². The summed E-state index contributed by atoms with van der Waals surface area (Å²) in [5.41, 5.74) is 12.9. The lowest BCUT2D eigenvalue weighted by molar-refractivity contribution is 0.0857. The Morgan fingerprint density at radius 1 is 0.868 bits per heavy atom. The zero-order valence-corrected chi connectivity index (χ0v) is 20.4. The number of amidine groups is 1. The fraction of sp³-hybridized carbons (Fsp3) is 0.133. The second-order valence-electron chi connectivity index (χ2n) is 9.24. The van der Waals surface area contributed by atoms with Crippen LogP contribution in [0, 0.1) is 11.6 Å². The van der Waals surface area contributed by atoms with Crippen LogP contribution >= 0.6 is 0 Å². The number of fused-ring (bicyclic) bond motifs is 8. The molecule has 2 atom stereocenters. The van der Waals surface area contributed by atoms with Crippen molar-refractivity contribution in [2.24, 2.45) is 10.9 Å². The van der Waals surface area contributed by atoms with Crippen LogP contribution in [-0.2, 0) is 16.1 Å². The monoisotopic (exact) mass is 511 g/mol. The maximum atomic E-state index is 14.6. The molecule has 1 amide bonds. The number of nitrogens with zero attached hydrogens (tertiary/aromatic N) is 1. The second kappa shape index (κ2) is 9.39. The van der Waals surface area contributed by atoms with Crippen molar-refractivity contribution in [1.29, 1.82) is 0 Å². The van der Waals surface area contributed by atoms with E-state index in [2.05, 4.69) is 27.4 Å². The number of hydrogen-bond donors (Lipinski definition) is 2. The standard InChI is InChI=1S/C30H23F2N3O3/c1-37-35-29(33)18-2-3-20(26(32)14-18)15-34-30(36)19-7-11-23-25(13-19)28-24-12-17(6-10-22(24)27(23)38-28)16-4-8-21(31)9-5-16/h2-14,27-28H,15H2,1H3,(H2,33,35)(H,34,36)/t27-,28+/m0/s1. The largest absolute Gasteiger partial charge is 0.397 e. The average molecular weight is 512 g/mol. The molecule has 3 N–H and O–H groups in total. The van der Waals surface area contributed by atoms with E-state index in [0.717, 1.165) is 33.4 Å². The Bertz CT molecular complexity index is 1600. The van der Waals surface area contributed by atoms with Gasteiger partial charge >= 0.3 is 0 Å². The number of rotatable bonds is 6. The summed E-state index contributed by atoms with van der Waals surface area (Å²) in [6.45, 7) is 0.00970. The third kappa shape index (κ3) is 4.09. The minimum absolute atomic E-state index is 0.00970. The van der Waals surface area contributed by atoms with Crippen LogP contribution in [0.25, 0.3) is 11.1 Å². The molecule has 0 fully saturated rings. The zero-order chi connectivity index (χ0) is 26.4. The van der Waals surface area contributed by atoms with Crippen molar-refractivity contribution in [3.05, 3.63) is 129 Å². The number of nitrogens with two attached hydrogens (primary N) is 1. The molecule has 2 bridgehead atoms. The zero-order valence-electron chi connectivity index (χ0n) is 20.4. The highest BCUT2D eigenvalue weighted by Gasteiger charge is 2.43. The molecule has 2 heterocycles. The van der Waals surface area contributed by atoms with Crippen LogP contribution in [-0.4, -0.2) is 18.9 Å². The van der Waals surface area contributed by atoms with E-state index in [0.29, 0.717) is 16.7 Å². The summed E-state index contributed by atoms with van der Waals surface area (Å²) in [5, 5.41) is 6.38. The molecule has 4 aromatic rings. The number of halogens is 2. The van der Waals surface area contributed by atoms with E-state index in [1.54, 1.807) is 30.3 Å². The Balaban J connectivity index is 1.20. The van der Waals surface area contributed by atoms with Crippen LogP contribution in [0.5, 0.6) is 0 Å². The lowest BCUT2D eigenvalue weighted by Gasteiger charge is -2.18. The highest BCUT2D eigenvalue weighted by Crippen LogP contribution is 2.54. The first-order valence-corrected chi connectivity index (χ1v) is 12.1. The third-order valence-corrected chi connectivity index (χ3v) is 6.99. The van der Waals surface area contributed by atoms with Crippen molar-refractivity contribution in [1.82, 2.24) is 5.32 Å². The summed E-state index contributed by atoms with van der Waals surface area (Å²) in [4.78, 5) is 17.6. The molecule has 0 saturated heterocycles.